The maximum Gasteiger partial charge on any atom is 0.272 e. The highest BCUT2D eigenvalue weighted by Gasteiger charge is 2.22. The van der Waals surface area contributed by atoms with Gasteiger partial charge in [0.25, 0.3) is 11.6 Å². The van der Waals surface area contributed by atoms with Gasteiger partial charge in [-0.2, -0.15) is 19.5 Å². The monoisotopic (exact) mass is 382 g/mol. The fraction of sp³-hybridized carbons (Fsp3) is 0.143. The fourth-order valence-electron chi connectivity index (χ4n) is 3.33. The first-order valence-electron chi connectivity index (χ1n) is 7.74. The van der Waals surface area contributed by atoms with E-state index in [2.05, 4.69) is 54.9 Å². The molecule has 0 saturated heterocycles. The second kappa shape index (κ2) is 4.74. The minimum Gasteiger partial charge on any atom is -0.216 e. The molecule has 0 unspecified atom stereocenters. The van der Waals surface area contributed by atoms with Crippen LogP contribution in [0.15, 0.2) is 12.4 Å². The first-order valence-corrected chi connectivity index (χ1v) is 9.38. The zero-order chi connectivity index (χ0) is 17.4. The Morgan fingerprint density at radius 1 is 0.808 bits per heavy atom. The molecule has 0 aromatic carbocycles. The molecule has 0 atom stereocenters. The van der Waals surface area contributed by atoms with Crippen molar-refractivity contribution >= 4 is 43.6 Å². The van der Waals surface area contributed by atoms with Gasteiger partial charge in [-0.25, -0.2) is 9.97 Å². The van der Waals surface area contributed by atoms with Crippen LogP contribution in [0.4, 0.5) is 0 Å². The lowest BCUT2D eigenvalue weighted by atomic mass is 10.1. The van der Waals surface area contributed by atoms with Gasteiger partial charge in [0.2, 0.25) is 0 Å². The van der Waals surface area contributed by atoms with Gasteiger partial charge >= 0.3 is 0 Å². The van der Waals surface area contributed by atoms with E-state index < -0.39 is 0 Å². The molecule has 6 heterocycles. The number of tetrazole rings is 2. The number of rotatable bonds is 2. The first-order chi connectivity index (χ1) is 12.7. The molecule has 0 radical (unpaired) electrons. The van der Waals surface area contributed by atoms with Gasteiger partial charge in [-0.1, -0.05) is 10.2 Å². The smallest absolute Gasteiger partial charge is 0.216 e. The van der Waals surface area contributed by atoms with Crippen LogP contribution in [-0.4, -0.2) is 50.0 Å². The molecule has 0 aliphatic carbocycles. The predicted octanol–water partition coefficient (Wildman–Crippen LogP) is 2.45. The highest BCUT2D eigenvalue weighted by molar-refractivity contribution is 7.41. The molecule has 0 bridgehead atoms. The fourth-order valence-corrected chi connectivity index (χ4v) is 6.19. The normalized spacial score (nSPS) is 12.2. The second-order valence-electron chi connectivity index (χ2n) is 5.93. The molecule has 6 aromatic rings. The molecule has 0 fully saturated rings. The molecule has 0 aliphatic heterocycles. The van der Waals surface area contributed by atoms with Gasteiger partial charge in [0, 0.05) is 5.39 Å². The van der Waals surface area contributed by atoms with Crippen LogP contribution in [0.2, 0.25) is 0 Å². The van der Waals surface area contributed by atoms with Crippen molar-refractivity contribution in [3.63, 3.8) is 0 Å². The molecule has 0 amide bonds. The number of nitrogens with one attached hydrogen (secondary N) is 2. The Labute approximate surface area is 152 Å². The number of aromatic amines is 2. The molecule has 128 valence electrons. The predicted molar refractivity (Wildman–Crippen MR) is 97.4 cm³/mol. The summed E-state index contributed by atoms with van der Waals surface area (Å²) in [4.78, 5) is 10.9. The Bertz CT molecular complexity index is 1320. The van der Waals surface area contributed by atoms with Crippen molar-refractivity contribution < 1.29 is 0 Å². The maximum atomic E-state index is 4.30. The van der Waals surface area contributed by atoms with Crippen molar-refractivity contribution in [2.75, 3.05) is 0 Å². The van der Waals surface area contributed by atoms with Gasteiger partial charge in [-0.3, -0.25) is 0 Å². The van der Waals surface area contributed by atoms with E-state index in [1.807, 2.05) is 12.4 Å². The van der Waals surface area contributed by atoms with Crippen molar-refractivity contribution in [2.24, 2.45) is 0 Å². The Hall–Kier alpha value is -3.12. The quantitative estimate of drug-likeness (QED) is 0.475. The molecule has 6 aromatic heterocycles. The summed E-state index contributed by atoms with van der Waals surface area (Å²) in [6, 6.07) is 0. The van der Waals surface area contributed by atoms with Crippen LogP contribution >= 0.6 is 22.7 Å². The molecule has 2 N–H and O–H groups in total. The van der Waals surface area contributed by atoms with E-state index in [0.29, 0.717) is 11.6 Å². The van der Waals surface area contributed by atoms with Crippen LogP contribution in [0.1, 0.15) is 11.1 Å². The lowest BCUT2D eigenvalue weighted by molar-refractivity contribution is 0.831. The first kappa shape index (κ1) is 14.1. The van der Waals surface area contributed by atoms with Gasteiger partial charge < -0.3 is 0 Å². The summed E-state index contributed by atoms with van der Waals surface area (Å²) in [6.45, 7) is 4.29. The molecule has 12 heteroatoms. The molecule has 26 heavy (non-hydrogen) atoms. The lowest BCUT2D eigenvalue weighted by Gasteiger charge is -2.00. The number of imidazole rings is 2. The van der Waals surface area contributed by atoms with Gasteiger partial charge in [0.15, 0.2) is 0 Å². The Balaban J connectivity index is 1.60. The van der Waals surface area contributed by atoms with Crippen molar-refractivity contribution in [1.82, 2.24) is 50.0 Å². The Morgan fingerprint density at radius 2 is 1.31 bits per heavy atom. The van der Waals surface area contributed by atoms with Crippen LogP contribution in [0.25, 0.3) is 42.1 Å². The maximum absolute atomic E-state index is 4.30. The number of H-pyrrole nitrogens is 2. The van der Waals surface area contributed by atoms with E-state index in [1.54, 1.807) is 31.7 Å². The van der Waals surface area contributed by atoms with E-state index in [1.165, 1.54) is 30.3 Å². The number of aromatic nitrogens is 10. The van der Waals surface area contributed by atoms with Crippen LogP contribution in [-0.2, 0) is 0 Å². The minimum absolute atomic E-state index is 0.571. The number of hydrogen-bond acceptors (Lipinski definition) is 8. The largest absolute Gasteiger partial charge is 0.272 e. The van der Waals surface area contributed by atoms with Crippen molar-refractivity contribution in [1.29, 1.82) is 0 Å². The third-order valence-corrected chi connectivity index (χ3v) is 7.26. The van der Waals surface area contributed by atoms with Crippen LogP contribution in [0, 0.1) is 13.8 Å². The molecule has 0 saturated carbocycles. The third-order valence-electron chi connectivity index (χ3n) is 4.54. The van der Waals surface area contributed by atoms with Gasteiger partial charge in [-0.05, 0) is 35.4 Å². The summed E-state index contributed by atoms with van der Waals surface area (Å²) >= 11 is 3.50. The number of nitrogens with zero attached hydrogens (tertiary/aromatic N) is 8. The van der Waals surface area contributed by atoms with Crippen molar-refractivity contribution in [2.45, 2.75) is 13.8 Å². The van der Waals surface area contributed by atoms with Crippen molar-refractivity contribution in [3.8, 4) is 21.1 Å². The summed E-state index contributed by atoms with van der Waals surface area (Å²) in [6.07, 6.45) is 3.66. The summed E-state index contributed by atoms with van der Waals surface area (Å²) in [5, 5.41) is 22.6. The summed E-state index contributed by atoms with van der Waals surface area (Å²) in [5.41, 5.74) is 4.40. The zero-order valence-electron chi connectivity index (χ0n) is 13.5. The van der Waals surface area contributed by atoms with Gasteiger partial charge in [-0.15, -0.1) is 22.7 Å². The molecular weight excluding hydrogens is 372 g/mol. The minimum atomic E-state index is 0.571. The Morgan fingerprint density at radius 3 is 1.77 bits per heavy atom. The standard InChI is InChI=1S/C14H10N10S2/c1-5-9-6(2)11(8-4-16-14-18-20-22-24(8)14)26-12(9)25-10(5)7-3-15-13-17-19-21-23(7)13/h3-4H,1-2H3,(H,15,17,21)(H,16,18,22). The van der Waals surface area contributed by atoms with Crippen LogP contribution < -0.4 is 0 Å². The topological polar surface area (TPSA) is 118 Å². The summed E-state index contributed by atoms with van der Waals surface area (Å²) in [5.74, 6) is 1.14. The second-order valence-corrected chi connectivity index (χ2v) is 8.23. The van der Waals surface area contributed by atoms with Gasteiger partial charge in [0.05, 0.1) is 26.2 Å². The van der Waals surface area contributed by atoms with Crippen LogP contribution in [0.5, 0.6) is 0 Å². The molecule has 10 nitrogen and oxygen atoms in total. The van der Waals surface area contributed by atoms with E-state index >= 15 is 0 Å². The zero-order valence-corrected chi connectivity index (χ0v) is 15.2. The molecule has 0 spiro atoms. The lowest BCUT2D eigenvalue weighted by Crippen LogP contribution is -1.89. The average Bonchev–Trinajstić information content (AvgIpc) is 3.39. The Kier molecular flexibility index (Phi) is 2.57. The molecule has 0 aliphatic rings. The van der Waals surface area contributed by atoms with E-state index in [0.717, 1.165) is 11.4 Å². The number of fused-ring (bicyclic) bond motifs is 3. The summed E-state index contributed by atoms with van der Waals surface area (Å²) < 4.78 is 4.86. The van der Waals surface area contributed by atoms with E-state index in [-0.39, 0.29) is 0 Å². The summed E-state index contributed by atoms with van der Waals surface area (Å²) in [7, 11) is 0. The van der Waals surface area contributed by atoms with Gasteiger partial charge in [0.1, 0.15) is 11.4 Å². The highest BCUT2D eigenvalue weighted by Crippen LogP contribution is 2.47. The van der Waals surface area contributed by atoms with E-state index in [9.17, 15) is 0 Å². The molecule has 6 rings (SSSR count). The van der Waals surface area contributed by atoms with E-state index in [4.69, 9.17) is 0 Å². The highest BCUT2D eigenvalue weighted by atomic mass is 32.2. The SMILES string of the molecule is Cc1c(-c2cnc3nn[nH]n23)sc2sc(-c3cnc4nn[nH]n34)c(C)c12. The number of aryl methyl sites for hydroxylation is 2. The third kappa shape index (κ3) is 1.64. The average molecular weight is 382 g/mol. The van der Waals surface area contributed by atoms with Crippen molar-refractivity contribution in [3.05, 3.63) is 23.5 Å². The number of thiophene rings is 2. The van der Waals surface area contributed by atoms with Crippen LogP contribution in [0.3, 0.4) is 0 Å². The molecular formula is C14H10N10S2. The number of hydrogen-bond donors (Lipinski definition) is 2.